The third kappa shape index (κ3) is 4.47. The number of hydrogen-bond acceptors (Lipinski definition) is 3. The summed E-state index contributed by atoms with van der Waals surface area (Å²) in [6.07, 6.45) is 4.61. The summed E-state index contributed by atoms with van der Waals surface area (Å²) in [5.74, 6) is 0.315. The molecule has 2 aliphatic carbocycles. The first kappa shape index (κ1) is 21.8. The van der Waals surface area contributed by atoms with Gasteiger partial charge in [0.25, 0.3) is 5.91 Å². The van der Waals surface area contributed by atoms with E-state index in [2.05, 4.69) is 11.1 Å². The predicted octanol–water partition coefficient (Wildman–Crippen LogP) is 5.18. The standard InChI is InChI=1S/C24H27F3N2O2/c1-23(31,24(25,26)27)19-8-4-17(5-9-19)22(30)29(21-12-13-21)20-10-6-16(7-11-20)18-3-2-14-28-15-18/h2-5,8-9,14-16,20-21,31H,6-7,10-13H2,1H3/t16?,20?,23-/m0/s1. The Bertz CT molecular complexity index is 901. The largest absolute Gasteiger partial charge is 0.421 e. The highest BCUT2D eigenvalue weighted by molar-refractivity contribution is 5.95. The number of aliphatic hydroxyl groups is 1. The van der Waals surface area contributed by atoms with Crippen molar-refractivity contribution >= 4 is 5.91 Å². The molecule has 4 rings (SSSR count). The van der Waals surface area contributed by atoms with Crippen molar-refractivity contribution in [1.29, 1.82) is 0 Å². The van der Waals surface area contributed by atoms with Crippen molar-refractivity contribution in [3.63, 3.8) is 0 Å². The lowest BCUT2D eigenvalue weighted by Crippen LogP contribution is -2.44. The van der Waals surface area contributed by atoms with Crippen molar-refractivity contribution in [3.05, 3.63) is 65.5 Å². The molecule has 0 bridgehead atoms. The fraction of sp³-hybridized carbons (Fsp3) is 0.500. The normalized spacial score (nSPS) is 23.8. The van der Waals surface area contributed by atoms with Gasteiger partial charge in [-0.3, -0.25) is 9.78 Å². The molecule has 166 valence electrons. The molecule has 7 heteroatoms. The molecule has 1 N–H and O–H groups in total. The van der Waals surface area contributed by atoms with Crippen LogP contribution in [0.5, 0.6) is 0 Å². The topological polar surface area (TPSA) is 53.4 Å². The molecular weight excluding hydrogens is 405 g/mol. The Balaban J connectivity index is 1.46. The van der Waals surface area contributed by atoms with E-state index in [1.54, 1.807) is 6.20 Å². The molecule has 0 aliphatic heterocycles. The molecule has 0 saturated heterocycles. The van der Waals surface area contributed by atoms with Crippen LogP contribution in [-0.2, 0) is 5.60 Å². The van der Waals surface area contributed by atoms with E-state index in [-0.39, 0.29) is 23.6 Å². The van der Waals surface area contributed by atoms with Gasteiger partial charge in [0.05, 0.1) is 0 Å². The first-order chi connectivity index (χ1) is 14.7. The number of aromatic nitrogens is 1. The smallest absolute Gasteiger partial charge is 0.376 e. The van der Waals surface area contributed by atoms with E-state index in [9.17, 15) is 23.1 Å². The molecule has 1 heterocycles. The third-order valence-electron chi connectivity index (χ3n) is 6.67. The average Bonchev–Trinajstić information content (AvgIpc) is 3.59. The van der Waals surface area contributed by atoms with Crippen LogP contribution in [0.1, 0.15) is 72.9 Å². The Labute approximate surface area is 180 Å². The summed E-state index contributed by atoms with van der Waals surface area (Å²) in [6.45, 7) is 0.723. The van der Waals surface area contributed by atoms with Gasteiger partial charge in [0.1, 0.15) is 0 Å². The zero-order valence-electron chi connectivity index (χ0n) is 17.5. The van der Waals surface area contributed by atoms with Crippen molar-refractivity contribution in [2.75, 3.05) is 0 Å². The number of hydrogen-bond donors (Lipinski definition) is 1. The molecule has 1 amide bonds. The van der Waals surface area contributed by atoms with Gasteiger partial charge in [-0.05, 0) is 80.7 Å². The molecule has 2 saturated carbocycles. The lowest BCUT2D eigenvalue weighted by molar-refractivity contribution is -0.258. The van der Waals surface area contributed by atoms with Crippen LogP contribution >= 0.6 is 0 Å². The molecule has 1 aromatic carbocycles. The number of carbonyl (C=O) groups excluding carboxylic acids is 1. The van der Waals surface area contributed by atoms with E-state index < -0.39 is 11.8 Å². The molecule has 0 radical (unpaired) electrons. The van der Waals surface area contributed by atoms with E-state index in [4.69, 9.17) is 0 Å². The molecule has 31 heavy (non-hydrogen) atoms. The molecular formula is C24H27F3N2O2. The Kier molecular flexibility index (Phi) is 5.81. The Morgan fingerprint density at radius 2 is 1.58 bits per heavy atom. The maximum Gasteiger partial charge on any atom is 0.421 e. The van der Waals surface area contributed by atoms with Gasteiger partial charge in [0.15, 0.2) is 5.60 Å². The number of carbonyl (C=O) groups is 1. The average molecular weight is 432 g/mol. The Morgan fingerprint density at radius 3 is 2.06 bits per heavy atom. The second-order valence-corrected chi connectivity index (χ2v) is 8.88. The van der Waals surface area contributed by atoms with Crippen LogP contribution in [0.2, 0.25) is 0 Å². The van der Waals surface area contributed by atoms with Crippen molar-refractivity contribution < 1.29 is 23.1 Å². The first-order valence-electron chi connectivity index (χ1n) is 10.8. The highest BCUT2D eigenvalue weighted by atomic mass is 19.4. The summed E-state index contributed by atoms with van der Waals surface area (Å²) in [7, 11) is 0. The van der Waals surface area contributed by atoms with Gasteiger partial charge in [0, 0.05) is 30.0 Å². The van der Waals surface area contributed by atoms with E-state index in [0.29, 0.717) is 11.5 Å². The lowest BCUT2D eigenvalue weighted by Gasteiger charge is -2.37. The minimum Gasteiger partial charge on any atom is -0.376 e. The maximum absolute atomic E-state index is 13.3. The summed E-state index contributed by atoms with van der Waals surface area (Å²) in [4.78, 5) is 19.4. The van der Waals surface area contributed by atoms with Crippen LogP contribution in [0.4, 0.5) is 13.2 Å². The fourth-order valence-corrected chi connectivity index (χ4v) is 4.54. The van der Waals surface area contributed by atoms with E-state index >= 15 is 0 Å². The second kappa shape index (κ2) is 8.26. The van der Waals surface area contributed by atoms with Crippen LogP contribution in [0.25, 0.3) is 0 Å². The van der Waals surface area contributed by atoms with Gasteiger partial charge in [-0.1, -0.05) is 18.2 Å². The fourth-order valence-electron chi connectivity index (χ4n) is 4.54. The molecule has 2 aromatic rings. The number of rotatable bonds is 5. The Hall–Kier alpha value is -2.41. The first-order valence-corrected chi connectivity index (χ1v) is 10.8. The van der Waals surface area contributed by atoms with Gasteiger partial charge in [-0.25, -0.2) is 0 Å². The number of pyridine rings is 1. The van der Waals surface area contributed by atoms with Crippen LogP contribution in [-0.4, -0.2) is 39.2 Å². The summed E-state index contributed by atoms with van der Waals surface area (Å²) in [6, 6.07) is 9.59. The molecule has 0 unspecified atom stereocenters. The van der Waals surface area contributed by atoms with Gasteiger partial charge >= 0.3 is 6.18 Å². The number of amides is 1. The molecule has 0 spiro atoms. The minimum atomic E-state index is -4.79. The zero-order valence-corrected chi connectivity index (χ0v) is 17.5. The molecule has 4 nitrogen and oxygen atoms in total. The Morgan fingerprint density at radius 1 is 1.00 bits per heavy atom. The lowest BCUT2D eigenvalue weighted by atomic mass is 9.81. The summed E-state index contributed by atoms with van der Waals surface area (Å²) in [5, 5.41) is 9.86. The third-order valence-corrected chi connectivity index (χ3v) is 6.67. The summed E-state index contributed by atoms with van der Waals surface area (Å²) >= 11 is 0. The molecule has 2 aliphatic rings. The van der Waals surface area contributed by atoms with Crippen molar-refractivity contribution in [3.8, 4) is 0 Å². The molecule has 1 aromatic heterocycles. The number of nitrogens with zero attached hydrogens (tertiary/aromatic N) is 2. The van der Waals surface area contributed by atoms with Crippen LogP contribution in [0.3, 0.4) is 0 Å². The quantitative estimate of drug-likeness (QED) is 0.708. The van der Waals surface area contributed by atoms with Gasteiger partial charge in [-0.2, -0.15) is 13.2 Å². The zero-order chi connectivity index (χ0) is 22.2. The van der Waals surface area contributed by atoms with Crippen LogP contribution < -0.4 is 0 Å². The van der Waals surface area contributed by atoms with E-state index in [1.807, 2.05) is 17.2 Å². The van der Waals surface area contributed by atoms with Crippen LogP contribution in [0.15, 0.2) is 48.8 Å². The number of benzene rings is 1. The van der Waals surface area contributed by atoms with Gasteiger partial charge in [0.2, 0.25) is 0 Å². The highest BCUT2D eigenvalue weighted by Gasteiger charge is 2.51. The van der Waals surface area contributed by atoms with Crippen molar-refractivity contribution in [2.45, 2.75) is 75.2 Å². The number of alkyl halides is 3. The SMILES string of the molecule is C[C@](O)(c1ccc(C(=O)N(C2CCC(c3cccnc3)CC2)C2CC2)cc1)C(F)(F)F. The van der Waals surface area contributed by atoms with E-state index in [0.717, 1.165) is 45.4 Å². The number of halogens is 3. The maximum atomic E-state index is 13.3. The monoisotopic (exact) mass is 432 g/mol. The van der Waals surface area contributed by atoms with Crippen molar-refractivity contribution in [1.82, 2.24) is 9.88 Å². The molecule has 2 fully saturated rings. The van der Waals surface area contributed by atoms with E-state index in [1.165, 1.54) is 29.8 Å². The van der Waals surface area contributed by atoms with Gasteiger partial charge < -0.3 is 10.0 Å². The molecule has 1 atom stereocenters. The minimum absolute atomic E-state index is 0.134. The summed E-state index contributed by atoms with van der Waals surface area (Å²) in [5.41, 5.74) is -1.62. The highest BCUT2D eigenvalue weighted by Crippen LogP contribution is 2.40. The van der Waals surface area contributed by atoms with Crippen LogP contribution in [0, 0.1) is 0 Å². The van der Waals surface area contributed by atoms with Gasteiger partial charge in [-0.15, -0.1) is 0 Å². The second-order valence-electron chi connectivity index (χ2n) is 8.88. The summed E-state index contributed by atoms with van der Waals surface area (Å²) < 4.78 is 39.3. The van der Waals surface area contributed by atoms with Crippen molar-refractivity contribution in [2.24, 2.45) is 0 Å². The predicted molar refractivity (Wildman–Crippen MR) is 110 cm³/mol.